The predicted molar refractivity (Wildman–Crippen MR) is 94.1 cm³/mol. The summed E-state index contributed by atoms with van der Waals surface area (Å²) in [6.45, 7) is 0. The zero-order chi connectivity index (χ0) is 17.1. The van der Waals surface area contributed by atoms with Crippen molar-refractivity contribution in [2.24, 2.45) is 0 Å². The Morgan fingerprint density at radius 2 is 1.60 bits per heavy atom. The Bertz CT molecular complexity index is 662. The number of hydrogen-bond donors (Lipinski definition) is 0. The standard InChI is InChI=1S/C20H26N2O3/c23-20(17-14-19(25-21-17)18-12-7-13-24-18)22(15-8-3-1-4-9-15)16-10-5-2-6-11-16/h7,12-16H,1-6,8-11H2. The van der Waals surface area contributed by atoms with E-state index in [0.717, 1.165) is 25.7 Å². The van der Waals surface area contributed by atoms with E-state index in [-0.39, 0.29) is 5.91 Å². The fourth-order valence-corrected chi connectivity index (χ4v) is 4.39. The van der Waals surface area contributed by atoms with E-state index in [4.69, 9.17) is 8.94 Å². The molecule has 4 rings (SSSR count). The molecular formula is C20H26N2O3. The summed E-state index contributed by atoms with van der Waals surface area (Å²) in [5.74, 6) is 1.15. The van der Waals surface area contributed by atoms with Gasteiger partial charge in [-0.05, 0) is 37.8 Å². The van der Waals surface area contributed by atoms with Gasteiger partial charge >= 0.3 is 0 Å². The van der Waals surface area contributed by atoms with Crippen molar-refractivity contribution >= 4 is 5.91 Å². The molecule has 2 aliphatic carbocycles. The zero-order valence-corrected chi connectivity index (χ0v) is 14.7. The molecule has 0 aromatic carbocycles. The molecule has 0 N–H and O–H groups in total. The van der Waals surface area contributed by atoms with Crippen LogP contribution in [0.3, 0.4) is 0 Å². The molecule has 1 amide bonds. The summed E-state index contributed by atoms with van der Waals surface area (Å²) < 4.78 is 10.7. The molecule has 2 heterocycles. The van der Waals surface area contributed by atoms with Crippen LogP contribution in [0.15, 0.2) is 33.4 Å². The van der Waals surface area contributed by atoms with Gasteiger partial charge < -0.3 is 13.8 Å². The molecule has 2 aromatic rings. The minimum absolute atomic E-state index is 0.0281. The number of rotatable bonds is 4. The number of amides is 1. The summed E-state index contributed by atoms with van der Waals surface area (Å²) in [6.07, 6.45) is 13.5. The summed E-state index contributed by atoms with van der Waals surface area (Å²) in [7, 11) is 0. The average Bonchev–Trinajstić information content (AvgIpc) is 3.35. The molecule has 134 valence electrons. The van der Waals surface area contributed by atoms with Crippen LogP contribution in [0.4, 0.5) is 0 Å². The van der Waals surface area contributed by atoms with Gasteiger partial charge in [-0.2, -0.15) is 0 Å². The molecule has 2 fully saturated rings. The first-order valence-electron chi connectivity index (χ1n) is 9.66. The highest BCUT2D eigenvalue weighted by Gasteiger charge is 2.34. The van der Waals surface area contributed by atoms with Crippen LogP contribution in [0.1, 0.15) is 74.7 Å². The largest absolute Gasteiger partial charge is 0.461 e. The molecule has 0 aliphatic heterocycles. The fraction of sp³-hybridized carbons (Fsp3) is 0.600. The zero-order valence-electron chi connectivity index (χ0n) is 14.7. The summed E-state index contributed by atoms with van der Waals surface area (Å²) in [6, 6.07) is 6.05. The number of hydrogen-bond acceptors (Lipinski definition) is 4. The summed E-state index contributed by atoms with van der Waals surface area (Å²) in [5, 5.41) is 4.06. The first kappa shape index (κ1) is 16.4. The van der Waals surface area contributed by atoms with Crippen LogP contribution in [0.2, 0.25) is 0 Å². The van der Waals surface area contributed by atoms with Gasteiger partial charge in [0.2, 0.25) is 5.76 Å². The van der Waals surface area contributed by atoms with Gasteiger partial charge in [-0.3, -0.25) is 4.79 Å². The normalized spacial score (nSPS) is 19.8. The lowest BCUT2D eigenvalue weighted by Gasteiger charge is -2.41. The van der Waals surface area contributed by atoms with Crippen molar-refractivity contribution in [2.75, 3.05) is 0 Å². The highest BCUT2D eigenvalue weighted by Crippen LogP contribution is 2.32. The Labute approximate surface area is 148 Å². The topological polar surface area (TPSA) is 59.5 Å². The number of nitrogens with zero attached hydrogens (tertiary/aromatic N) is 2. The van der Waals surface area contributed by atoms with E-state index in [9.17, 15) is 4.79 Å². The van der Waals surface area contributed by atoms with Crippen molar-refractivity contribution in [1.82, 2.24) is 10.1 Å². The first-order valence-corrected chi connectivity index (χ1v) is 9.66. The smallest absolute Gasteiger partial charge is 0.276 e. The van der Waals surface area contributed by atoms with Crippen LogP contribution in [0, 0.1) is 0 Å². The van der Waals surface area contributed by atoms with Crippen LogP contribution in [-0.4, -0.2) is 28.0 Å². The molecule has 0 saturated heterocycles. The van der Waals surface area contributed by atoms with Crippen molar-refractivity contribution in [3.8, 4) is 11.5 Å². The highest BCUT2D eigenvalue weighted by molar-refractivity contribution is 5.93. The number of furan rings is 1. The maximum Gasteiger partial charge on any atom is 0.276 e. The minimum atomic E-state index is 0.0281. The van der Waals surface area contributed by atoms with Crippen LogP contribution >= 0.6 is 0 Å². The molecule has 5 heteroatoms. The van der Waals surface area contributed by atoms with Crippen molar-refractivity contribution in [3.63, 3.8) is 0 Å². The third kappa shape index (κ3) is 3.51. The third-order valence-corrected chi connectivity index (χ3v) is 5.66. The van der Waals surface area contributed by atoms with Crippen molar-refractivity contribution in [1.29, 1.82) is 0 Å². The molecule has 2 aliphatic rings. The maximum atomic E-state index is 13.3. The second kappa shape index (κ2) is 7.46. The molecule has 25 heavy (non-hydrogen) atoms. The molecule has 0 radical (unpaired) electrons. The van der Waals surface area contributed by atoms with Gasteiger partial charge in [-0.25, -0.2) is 0 Å². The lowest BCUT2D eigenvalue weighted by atomic mass is 9.88. The lowest BCUT2D eigenvalue weighted by molar-refractivity contribution is 0.0438. The van der Waals surface area contributed by atoms with Crippen molar-refractivity contribution in [3.05, 3.63) is 30.2 Å². The van der Waals surface area contributed by atoms with E-state index in [1.807, 2.05) is 6.07 Å². The van der Waals surface area contributed by atoms with Gasteiger partial charge in [-0.1, -0.05) is 43.7 Å². The van der Waals surface area contributed by atoms with Gasteiger partial charge in [0.15, 0.2) is 11.5 Å². The van der Waals surface area contributed by atoms with Gasteiger partial charge in [0, 0.05) is 18.2 Å². The minimum Gasteiger partial charge on any atom is -0.461 e. The number of carbonyl (C=O) groups is 1. The second-order valence-electron chi connectivity index (χ2n) is 7.35. The number of aromatic nitrogens is 1. The van der Waals surface area contributed by atoms with E-state index >= 15 is 0 Å². The summed E-state index contributed by atoms with van der Waals surface area (Å²) in [5.41, 5.74) is 0.405. The molecule has 0 atom stereocenters. The fourth-order valence-electron chi connectivity index (χ4n) is 4.39. The van der Waals surface area contributed by atoms with E-state index in [1.54, 1.807) is 18.4 Å². The van der Waals surface area contributed by atoms with Gasteiger partial charge in [0.05, 0.1) is 6.26 Å². The molecule has 2 aromatic heterocycles. The Morgan fingerprint density at radius 3 is 2.16 bits per heavy atom. The SMILES string of the molecule is O=C(c1cc(-c2ccco2)on1)N(C1CCCCC1)C1CCCCC1. The monoisotopic (exact) mass is 342 g/mol. The van der Waals surface area contributed by atoms with Gasteiger partial charge in [0.1, 0.15) is 0 Å². The predicted octanol–water partition coefficient (Wildman–Crippen LogP) is 5.04. The van der Waals surface area contributed by atoms with Gasteiger partial charge in [0.25, 0.3) is 5.91 Å². The van der Waals surface area contributed by atoms with E-state index in [0.29, 0.717) is 29.3 Å². The van der Waals surface area contributed by atoms with E-state index < -0.39 is 0 Å². The molecule has 0 spiro atoms. The van der Waals surface area contributed by atoms with Crippen LogP contribution in [0.25, 0.3) is 11.5 Å². The molecule has 0 unspecified atom stereocenters. The summed E-state index contributed by atoms with van der Waals surface area (Å²) in [4.78, 5) is 15.5. The quantitative estimate of drug-likeness (QED) is 0.781. The molecule has 2 saturated carbocycles. The average molecular weight is 342 g/mol. The second-order valence-corrected chi connectivity index (χ2v) is 7.35. The van der Waals surface area contributed by atoms with Crippen LogP contribution in [-0.2, 0) is 0 Å². The van der Waals surface area contributed by atoms with Gasteiger partial charge in [-0.15, -0.1) is 0 Å². The Hall–Kier alpha value is -2.04. The highest BCUT2D eigenvalue weighted by atomic mass is 16.5. The molecule has 0 bridgehead atoms. The molecule has 5 nitrogen and oxygen atoms in total. The van der Waals surface area contributed by atoms with E-state index in [2.05, 4.69) is 10.1 Å². The van der Waals surface area contributed by atoms with Crippen LogP contribution in [0.5, 0.6) is 0 Å². The first-order chi connectivity index (χ1) is 12.3. The maximum absolute atomic E-state index is 13.3. The van der Waals surface area contributed by atoms with Crippen molar-refractivity contribution in [2.45, 2.75) is 76.3 Å². The van der Waals surface area contributed by atoms with Crippen LogP contribution < -0.4 is 0 Å². The van der Waals surface area contributed by atoms with E-state index in [1.165, 1.54) is 38.5 Å². The Balaban J connectivity index is 1.58. The molecular weight excluding hydrogens is 316 g/mol. The Kier molecular flexibility index (Phi) is 4.90. The Morgan fingerprint density at radius 1 is 0.960 bits per heavy atom. The number of carbonyl (C=O) groups excluding carboxylic acids is 1. The summed E-state index contributed by atoms with van der Waals surface area (Å²) >= 11 is 0. The van der Waals surface area contributed by atoms with Crippen molar-refractivity contribution < 1.29 is 13.7 Å². The third-order valence-electron chi connectivity index (χ3n) is 5.66. The lowest BCUT2D eigenvalue weighted by Crippen LogP contribution is -2.48.